The van der Waals surface area contributed by atoms with E-state index >= 15 is 0 Å². The van der Waals surface area contributed by atoms with E-state index in [-0.39, 0.29) is 18.2 Å². The molecule has 1 heterocycles. The molecule has 0 N–H and O–H groups in total. The molecule has 0 saturated heterocycles. The van der Waals surface area contributed by atoms with Gasteiger partial charge in [0.05, 0.1) is 12.9 Å². The Morgan fingerprint density at radius 1 is 1.10 bits per heavy atom. The number of carbonyl (C=O) groups is 1. The van der Waals surface area contributed by atoms with E-state index in [0.717, 1.165) is 10.9 Å². The van der Waals surface area contributed by atoms with Crippen LogP contribution in [0.2, 0.25) is 0 Å². The van der Waals surface area contributed by atoms with Crippen LogP contribution >= 0.6 is 12.4 Å². The highest BCUT2D eigenvalue weighted by Crippen LogP contribution is 2.21. The molecule has 3 aromatic rings. The molecule has 3 rings (SSSR count). The second-order valence-corrected chi connectivity index (χ2v) is 5.16. The minimum absolute atomic E-state index is 0. The molecular weight excluding hydrogens is 284 g/mol. The zero-order chi connectivity index (χ0) is 14.1. The lowest BCUT2D eigenvalue weighted by Gasteiger charge is -2.07. The van der Waals surface area contributed by atoms with Crippen molar-refractivity contribution in [3.8, 4) is 0 Å². The van der Waals surface area contributed by atoms with E-state index in [9.17, 15) is 4.79 Å². The van der Waals surface area contributed by atoms with Crippen LogP contribution in [0.4, 0.5) is 0 Å². The van der Waals surface area contributed by atoms with Crippen molar-refractivity contribution in [3.63, 3.8) is 0 Å². The summed E-state index contributed by atoms with van der Waals surface area (Å²) >= 11 is 0. The number of carbonyl (C=O) groups excluding carboxylic acids is 1. The summed E-state index contributed by atoms with van der Waals surface area (Å²) < 4.78 is 1.78. The Hall–Kier alpha value is -2.13. The summed E-state index contributed by atoms with van der Waals surface area (Å²) in [6, 6.07) is 10.2. The number of imidazole rings is 1. The molecule has 2 aromatic carbocycles. The molecule has 0 bridgehead atoms. The summed E-state index contributed by atoms with van der Waals surface area (Å²) in [7, 11) is 0. The Bertz CT molecular complexity index is 779. The fourth-order valence-corrected chi connectivity index (χ4v) is 2.34. The molecular formula is C17H17ClN2O. The first-order chi connectivity index (χ1) is 9.63. The molecule has 0 aliphatic heterocycles. The predicted molar refractivity (Wildman–Crippen MR) is 87.2 cm³/mol. The molecule has 0 aliphatic carbocycles. The van der Waals surface area contributed by atoms with Gasteiger partial charge in [-0.2, -0.15) is 0 Å². The predicted octanol–water partition coefficient (Wildman–Crippen LogP) is 3.96. The van der Waals surface area contributed by atoms with E-state index in [1.807, 2.05) is 18.2 Å². The summed E-state index contributed by atoms with van der Waals surface area (Å²) in [5.74, 6) is 0.100. The average Bonchev–Trinajstić information content (AvgIpc) is 2.92. The Morgan fingerprint density at radius 2 is 1.81 bits per heavy atom. The van der Waals surface area contributed by atoms with Gasteiger partial charge in [-0.3, -0.25) is 4.79 Å². The molecule has 0 amide bonds. The maximum atomic E-state index is 12.3. The van der Waals surface area contributed by atoms with Crippen LogP contribution in [0.15, 0.2) is 49.1 Å². The highest BCUT2D eigenvalue weighted by molar-refractivity contribution is 6.00. The maximum Gasteiger partial charge on any atom is 0.182 e. The van der Waals surface area contributed by atoms with Crippen molar-refractivity contribution in [1.82, 2.24) is 9.55 Å². The minimum atomic E-state index is 0. The quantitative estimate of drug-likeness (QED) is 0.686. The van der Waals surface area contributed by atoms with E-state index in [4.69, 9.17) is 0 Å². The van der Waals surface area contributed by atoms with Gasteiger partial charge in [0.25, 0.3) is 0 Å². The third kappa shape index (κ3) is 3.14. The second-order valence-electron chi connectivity index (χ2n) is 5.16. The van der Waals surface area contributed by atoms with Crippen molar-refractivity contribution < 1.29 is 4.79 Å². The SMILES string of the molecule is Cc1cc2ccc(C(=O)Cn3ccnc3)cc2cc1C.Cl. The Balaban J connectivity index is 0.00000161. The number of Topliss-reactive ketones (excluding diaryl/α,β-unsaturated/α-hetero) is 1. The van der Waals surface area contributed by atoms with Crippen LogP contribution < -0.4 is 0 Å². The van der Waals surface area contributed by atoms with Crippen molar-refractivity contribution in [3.05, 3.63) is 65.7 Å². The highest BCUT2D eigenvalue weighted by atomic mass is 35.5. The lowest BCUT2D eigenvalue weighted by Crippen LogP contribution is -2.08. The van der Waals surface area contributed by atoms with Crippen LogP contribution in [-0.2, 0) is 6.54 Å². The van der Waals surface area contributed by atoms with Gasteiger partial charge in [0.2, 0.25) is 0 Å². The van der Waals surface area contributed by atoms with Crippen LogP contribution in [0, 0.1) is 13.8 Å². The van der Waals surface area contributed by atoms with E-state index in [2.05, 4.69) is 31.0 Å². The molecule has 1 aromatic heterocycles. The van der Waals surface area contributed by atoms with Gasteiger partial charge in [0.15, 0.2) is 5.78 Å². The van der Waals surface area contributed by atoms with Gasteiger partial charge in [-0.1, -0.05) is 24.3 Å². The van der Waals surface area contributed by atoms with E-state index < -0.39 is 0 Å². The molecule has 4 heteroatoms. The first-order valence-corrected chi connectivity index (χ1v) is 6.63. The number of fused-ring (bicyclic) bond motifs is 1. The Kier molecular flexibility index (Phi) is 4.43. The number of halogens is 1. The van der Waals surface area contributed by atoms with Crippen molar-refractivity contribution >= 4 is 29.0 Å². The third-order valence-corrected chi connectivity index (χ3v) is 3.66. The molecule has 0 fully saturated rings. The van der Waals surface area contributed by atoms with Crippen molar-refractivity contribution in [2.75, 3.05) is 0 Å². The standard InChI is InChI=1S/C17H16N2O.ClH/c1-12-7-14-3-4-15(9-16(14)8-13(12)2)17(20)10-19-6-5-18-11-19;/h3-9,11H,10H2,1-2H3;1H. The topological polar surface area (TPSA) is 34.9 Å². The van der Waals surface area contributed by atoms with Gasteiger partial charge in [0.1, 0.15) is 0 Å². The molecule has 0 aliphatic rings. The first-order valence-electron chi connectivity index (χ1n) is 6.63. The molecule has 21 heavy (non-hydrogen) atoms. The summed E-state index contributed by atoms with van der Waals surface area (Å²) in [5.41, 5.74) is 3.26. The van der Waals surface area contributed by atoms with Gasteiger partial charge >= 0.3 is 0 Å². The average molecular weight is 301 g/mol. The third-order valence-electron chi connectivity index (χ3n) is 3.66. The van der Waals surface area contributed by atoms with Gasteiger partial charge in [-0.25, -0.2) is 4.98 Å². The molecule has 3 nitrogen and oxygen atoms in total. The molecule has 0 spiro atoms. The molecule has 0 unspecified atom stereocenters. The van der Waals surface area contributed by atoms with Crippen LogP contribution in [0.1, 0.15) is 21.5 Å². The number of aryl methyl sites for hydroxylation is 2. The summed E-state index contributed by atoms with van der Waals surface area (Å²) in [6.07, 6.45) is 5.14. The number of hydrogen-bond donors (Lipinski definition) is 0. The van der Waals surface area contributed by atoms with Gasteiger partial charge in [0, 0.05) is 18.0 Å². The molecule has 0 radical (unpaired) electrons. The van der Waals surface area contributed by atoms with Crippen LogP contribution in [0.5, 0.6) is 0 Å². The lowest BCUT2D eigenvalue weighted by molar-refractivity contribution is 0.0972. The van der Waals surface area contributed by atoms with Crippen molar-refractivity contribution in [2.24, 2.45) is 0 Å². The zero-order valence-electron chi connectivity index (χ0n) is 12.0. The highest BCUT2D eigenvalue weighted by Gasteiger charge is 2.08. The number of aromatic nitrogens is 2. The first kappa shape index (κ1) is 15.3. The van der Waals surface area contributed by atoms with E-state index in [0.29, 0.717) is 6.54 Å². The zero-order valence-corrected chi connectivity index (χ0v) is 12.9. The number of benzene rings is 2. The number of hydrogen-bond acceptors (Lipinski definition) is 2. The Morgan fingerprint density at radius 3 is 2.48 bits per heavy atom. The van der Waals surface area contributed by atoms with Crippen molar-refractivity contribution in [1.29, 1.82) is 0 Å². The molecule has 0 saturated carbocycles. The van der Waals surface area contributed by atoms with Crippen LogP contribution in [0.3, 0.4) is 0 Å². The van der Waals surface area contributed by atoms with E-state index in [1.165, 1.54) is 16.5 Å². The monoisotopic (exact) mass is 300 g/mol. The normalized spacial score (nSPS) is 10.4. The van der Waals surface area contributed by atoms with Crippen LogP contribution in [-0.4, -0.2) is 15.3 Å². The van der Waals surface area contributed by atoms with Crippen LogP contribution in [0.25, 0.3) is 10.8 Å². The fraction of sp³-hybridized carbons (Fsp3) is 0.176. The van der Waals surface area contributed by atoms with E-state index in [1.54, 1.807) is 23.3 Å². The molecule has 0 atom stereocenters. The smallest absolute Gasteiger partial charge is 0.182 e. The molecule has 108 valence electrons. The number of ketones is 1. The second kappa shape index (κ2) is 6.10. The maximum absolute atomic E-state index is 12.3. The fourth-order valence-electron chi connectivity index (χ4n) is 2.34. The van der Waals surface area contributed by atoms with Crippen molar-refractivity contribution in [2.45, 2.75) is 20.4 Å². The van der Waals surface area contributed by atoms with Gasteiger partial charge < -0.3 is 4.57 Å². The van der Waals surface area contributed by atoms with Gasteiger partial charge in [-0.15, -0.1) is 12.4 Å². The summed E-state index contributed by atoms with van der Waals surface area (Å²) in [6.45, 7) is 4.53. The minimum Gasteiger partial charge on any atom is -0.330 e. The number of rotatable bonds is 3. The summed E-state index contributed by atoms with van der Waals surface area (Å²) in [5, 5.41) is 2.29. The summed E-state index contributed by atoms with van der Waals surface area (Å²) in [4.78, 5) is 16.2. The van der Waals surface area contributed by atoms with Gasteiger partial charge in [-0.05, 0) is 41.8 Å². The Labute approximate surface area is 130 Å². The largest absolute Gasteiger partial charge is 0.330 e. The number of nitrogens with zero attached hydrogens (tertiary/aromatic N) is 2. The lowest BCUT2D eigenvalue weighted by atomic mass is 9.99.